The van der Waals surface area contributed by atoms with Gasteiger partial charge in [-0.25, -0.2) is 4.39 Å². The third-order valence-corrected chi connectivity index (χ3v) is 2.82. The van der Waals surface area contributed by atoms with E-state index in [1.807, 2.05) is 0 Å². The highest BCUT2D eigenvalue weighted by Crippen LogP contribution is 2.32. The van der Waals surface area contributed by atoms with Gasteiger partial charge in [-0.05, 0) is 23.8 Å². The van der Waals surface area contributed by atoms with Crippen LogP contribution in [0.1, 0.15) is 11.5 Å². The molecular weight excluding hydrogens is 235 g/mol. The van der Waals surface area contributed by atoms with E-state index < -0.39 is 16.7 Å². The molecule has 0 bridgehead atoms. The molecule has 0 fully saturated rings. The van der Waals surface area contributed by atoms with Crippen LogP contribution in [0.5, 0.6) is 0 Å². The minimum atomic E-state index is -0.502. The van der Waals surface area contributed by atoms with Crippen LogP contribution in [0.15, 0.2) is 30.1 Å². The average molecular weight is 243 g/mol. The third-order valence-electron chi connectivity index (χ3n) is 2.47. The van der Waals surface area contributed by atoms with E-state index in [9.17, 15) is 14.5 Å². The van der Waals surface area contributed by atoms with Gasteiger partial charge in [0.25, 0.3) is 5.70 Å². The molecule has 1 aliphatic heterocycles. The topological polar surface area (TPSA) is 55.2 Å². The first-order valence-electron chi connectivity index (χ1n) is 4.62. The minimum Gasteiger partial charge on any atom is -0.384 e. The molecule has 1 atom stereocenters. The zero-order chi connectivity index (χ0) is 11.7. The van der Waals surface area contributed by atoms with E-state index in [1.54, 1.807) is 0 Å². The lowest BCUT2D eigenvalue weighted by molar-refractivity contribution is -0.428. The summed E-state index contributed by atoms with van der Waals surface area (Å²) in [7, 11) is 0. The second-order valence-corrected chi connectivity index (χ2v) is 3.86. The van der Waals surface area contributed by atoms with Gasteiger partial charge in [0, 0.05) is 11.6 Å². The zero-order valence-electron chi connectivity index (χ0n) is 8.11. The van der Waals surface area contributed by atoms with Crippen molar-refractivity contribution < 1.29 is 9.31 Å². The highest BCUT2D eigenvalue weighted by molar-refractivity contribution is 6.31. The van der Waals surface area contributed by atoms with Crippen molar-refractivity contribution in [3.8, 4) is 0 Å². The summed E-state index contributed by atoms with van der Waals surface area (Å²) in [5.74, 6) is -0.952. The molecule has 1 N–H and O–H groups in total. The molecular formula is C10H8ClFN2O2. The fourth-order valence-electron chi connectivity index (χ4n) is 1.72. The van der Waals surface area contributed by atoms with E-state index in [2.05, 4.69) is 5.32 Å². The van der Waals surface area contributed by atoms with Crippen LogP contribution in [-0.2, 0) is 0 Å². The maximum atomic E-state index is 13.1. The summed E-state index contributed by atoms with van der Waals surface area (Å²) in [6, 6.07) is 3.86. The minimum absolute atomic E-state index is 0.00694. The molecule has 1 unspecified atom stereocenters. The number of halogens is 2. The van der Waals surface area contributed by atoms with Crippen LogP contribution in [0.4, 0.5) is 4.39 Å². The maximum absolute atomic E-state index is 13.1. The number of nitrogens with one attached hydrogen (secondary N) is 1. The Labute approximate surface area is 95.9 Å². The smallest absolute Gasteiger partial charge is 0.270 e. The van der Waals surface area contributed by atoms with Gasteiger partial charge < -0.3 is 5.32 Å². The zero-order valence-corrected chi connectivity index (χ0v) is 8.87. The van der Waals surface area contributed by atoms with Crippen LogP contribution in [0, 0.1) is 15.9 Å². The van der Waals surface area contributed by atoms with Crippen LogP contribution in [-0.4, -0.2) is 11.5 Å². The molecule has 0 amide bonds. The van der Waals surface area contributed by atoms with E-state index in [4.69, 9.17) is 11.6 Å². The molecule has 16 heavy (non-hydrogen) atoms. The lowest BCUT2D eigenvalue weighted by atomic mass is 9.98. The number of nitrogens with zero attached hydrogens (tertiary/aromatic N) is 1. The predicted octanol–water partition coefficient (Wildman–Crippen LogP) is 2.28. The van der Waals surface area contributed by atoms with Crippen molar-refractivity contribution >= 4 is 11.6 Å². The monoisotopic (exact) mass is 242 g/mol. The molecule has 1 aromatic carbocycles. The van der Waals surface area contributed by atoms with Gasteiger partial charge in [-0.3, -0.25) is 10.1 Å². The van der Waals surface area contributed by atoms with Gasteiger partial charge in [0.1, 0.15) is 5.82 Å². The number of benzene rings is 1. The van der Waals surface area contributed by atoms with Crippen molar-refractivity contribution in [3.63, 3.8) is 0 Å². The van der Waals surface area contributed by atoms with Gasteiger partial charge in [0.05, 0.1) is 17.0 Å². The van der Waals surface area contributed by atoms with Gasteiger partial charge in [-0.2, -0.15) is 0 Å². The first-order valence-corrected chi connectivity index (χ1v) is 5.00. The van der Waals surface area contributed by atoms with Crippen LogP contribution in [0.25, 0.3) is 0 Å². The fourth-order valence-corrected chi connectivity index (χ4v) is 1.97. The van der Waals surface area contributed by atoms with Crippen LogP contribution < -0.4 is 5.32 Å². The summed E-state index contributed by atoms with van der Waals surface area (Å²) >= 11 is 5.90. The van der Waals surface area contributed by atoms with Crippen molar-refractivity contribution in [1.29, 1.82) is 0 Å². The van der Waals surface area contributed by atoms with Crippen LogP contribution in [0.3, 0.4) is 0 Å². The molecule has 4 nitrogen and oxygen atoms in total. The molecule has 0 aromatic heterocycles. The van der Waals surface area contributed by atoms with Crippen molar-refractivity contribution in [3.05, 3.63) is 56.6 Å². The Kier molecular flexibility index (Phi) is 2.78. The average Bonchev–Trinajstić information content (AvgIpc) is 2.70. The van der Waals surface area contributed by atoms with Crippen LogP contribution >= 0.6 is 11.6 Å². The maximum Gasteiger partial charge on any atom is 0.270 e. The highest BCUT2D eigenvalue weighted by Gasteiger charge is 2.32. The normalized spacial score (nSPS) is 19.1. The number of hydrogen-bond donors (Lipinski definition) is 1. The molecule has 0 radical (unpaired) electrons. The summed E-state index contributed by atoms with van der Waals surface area (Å²) in [5, 5.41) is 13.8. The summed E-state index contributed by atoms with van der Waals surface area (Å²) in [6.45, 7) is 0.361. The van der Waals surface area contributed by atoms with E-state index in [0.29, 0.717) is 17.1 Å². The molecule has 2 rings (SSSR count). The SMILES string of the molecule is O=[N+]([O-])C1=CNCC1c1cc(F)ccc1Cl. The largest absolute Gasteiger partial charge is 0.384 e. The molecule has 0 spiro atoms. The van der Waals surface area contributed by atoms with Gasteiger partial charge in [-0.15, -0.1) is 0 Å². The van der Waals surface area contributed by atoms with Crippen molar-refractivity contribution in [1.82, 2.24) is 5.32 Å². The Hall–Kier alpha value is -1.62. The van der Waals surface area contributed by atoms with Crippen molar-refractivity contribution in [2.45, 2.75) is 5.92 Å². The second-order valence-electron chi connectivity index (χ2n) is 3.45. The quantitative estimate of drug-likeness (QED) is 0.639. The molecule has 84 valence electrons. The summed E-state index contributed by atoms with van der Waals surface area (Å²) in [5.41, 5.74) is 0.446. The predicted molar refractivity (Wildman–Crippen MR) is 57.2 cm³/mol. The summed E-state index contributed by atoms with van der Waals surface area (Å²) in [6.07, 6.45) is 1.33. The lowest BCUT2D eigenvalue weighted by Gasteiger charge is -2.10. The lowest BCUT2D eigenvalue weighted by Crippen LogP contribution is -2.12. The molecule has 1 heterocycles. The van der Waals surface area contributed by atoms with E-state index in [-0.39, 0.29) is 5.70 Å². The van der Waals surface area contributed by atoms with Crippen LogP contribution in [0.2, 0.25) is 5.02 Å². The summed E-state index contributed by atoms with van der Waals surface area (Å²) in [4.78, 5) is 10.3. The van der Waals surface area contributed by atoms with Crippen molar-refractivity contribution in [2.24, 2.45) is 0 Å². The standard InChI is InChI=1S/C10H8ClFN2O2/c11-9-2-1-6(12)3-7(9)8-4-13-5-10(8)14(15)16/h1-3,5,8,13H,4H2. The Morgan fingerprint density at radius 1 is 1.56 bits per heavy atom. The van der Waals surface area contributed by atoms with Crippen molar-refractivity contribution in [2.75, 3.05) is 6.54 Å². The Balaban J connectivity index is 2.41. The Morgan fingerprint density at radius 3 is 3.00 bits per heavy atom. The number of rotatable bonds is 2. The first kappa shape index (κ1) is 10.9. The fraction of sp³-hybridized carbons (Fsp3) is 0.200. The van der Waals surface area contributed by atoms with E-state index >= 15 is 0 Å². The van der Waals surface area contributed by atoms with E-state index in [0.717, 1.165) is 0 Å². The molecule has 1 aromatic rings. The van der Waals surface area contributed by atoms with Gasteiger partial charge in [0.15, 0.2) is 0 Å². The van der Waals surface area contributed by atoms with E-state index in [1.165, 1.54) is 24.4 Å². The Bertz CT molecular complexity index is 476. The second kappa shape index (κ2) is 4.09. The Morgan fingerprint density at radius 2 is 2.31 bits per heavy atom. The molecule has 6 heteroatoms. The molecule has 0 aliphatic carbocycles. The van der Waals surface area contributed by atoms with Gasteiger partial charge >= 0.3 is 0 Å². The molecule has 0 saturated carbocycles. The van der Waals surface area contributed by atoms with Gasteiger partial charge in [-0.1, -0.05) is 11.6 Å². The first-order chi connectivity index (χ1) is 7.59. The summed E-state index contributed by atoms with van der Waals surface area (Å²) < 4.78 is 13.1. The number of hydrogen-bond acceptors (Lipinski definition) is 3. The third kappa shape index (κ3) is 1.86. The highest BCUT2D eigenvalue weighted by atomic mass is 35.5. The van der Waals surface area contributed by atoms with Gasteiger partial charge in [0.2, 0.25) is 0 Å². The molecule has 0 saturated heterocycles. The molecule has 1 aliphatic rings. The number of nitro groups is 1.